The molecule has 68 heavy (non-hydrogen) atoms. The van der Waals surface area contributed by atoms with Crippen molar-refractivity contribution < 1.29 is 28.6 Å². The fourth-order valence-electron chi connectivity index (χ4n) is 8.61. The van der Waals surface area contributed by atoms with Gasteiger partial charge in [-0.25, -0.2) is 0 Å². The molecule has 0 amide bonds. The van der Waals surface area contributed by atoms with E-state index >= 15 is 0 Å². The number of unbranched alkanes of at least 4 members (excludes halogenated alkanes) is 36. The molecule has 0 saturated heterocycles. The average Bonchev–Trinajstić information content (AvgIpc) is 3.34. The van der Waals surface area contributed by atoms with Crippen molar-refractivity contribution in [2.24, 2.45) is 0 Å². The molecule has 0 aliphatic heterocycles. The van der Waals surface area contributed by atoms with Gasteiger partial charge in [0.05, 0.1) is 0 Å². The zero-order valence-electron chi connectivity index (χ0n) is 45.4. The van der Waals surface area contributed by atoms with Gasteiger partial charge in [-0.1, -0.05) is 275 Å². The molecule has 0 aromatic carbocycles. The predicted molar refractivity (Wildman–Crippen MR) is 293 cm³/mol. The Bertz CT molecular complexity index is 1190. The summed E-state index contributed by atoms with van der Waals surface area (Å²) in [6.07, 6.45) is 69.8. The fourth-order valence-corrected chi connectivity index (χ4v) is 8.61. The number of esters is 3. The van der Waals surface area contributed by atoms with Crippen LogP contribution in [0.5, 0.6) is 0 Å². The Morgan fingerprint density at radius 3 is 0.985 bits per heavy atom. The summed E-state index contributed by atoms with van der Waals surface area (Å²) in [5.41, 5.74) is 0. The Kier molecular flexibility index (Phi) is 54.8. The summed E-state index contributed by atoms with van der Waals surface area (Å²) in [5, 5.41) is 0. The quantitative estimate of drug-likeness (QED) is 0.0199. The topological polar surface area (TPSA) is 78.9 Å². The number of hydrogen-bond donors (Lipinski definition) is 0. The first-order valence-electron chi connectivity index (χ1n) is 29.7. The maximum Gasteiger partial charge on any atom is 0.306 e. The van der Waals surface area contributed by atoms with E-state index in [4.69, 9.17) is 14.2 Å². The van der Waals surface area contributed by atoms with Crippen LogP contribution in [0.2, 0.25) is 0 Å². The first-order chi connectivity index (χ1) is 33.5. The third kappa shape index (κ3) is 54.3. The number of carbonyl (C=O) groups excluding carboxylic acids is 3. The summed E-state index contributed by atoms with van der Waals surface area (Å²) in [4.78, 5) is 38.1. The van der Waals surface area contributed by atoms with E-state index in [0.29, 0.717) is 19.3 Å². The molecule has 396 valence electrons. The van der Waals surface area contributed by atoms with Crippen molar-refractivity contribution >= 4 is 17.9 Å². The maximum absolute atomic E-state index is 12.9. The van der Waals surface area contributed by atoms with Crippen LogP contribution in [0.25, 0.3) is 0 Å². The number of ether oxygens (including phenoxy) is 3. The van der Waals surface area contributed by atoms with Crippen LogP contribution in [0.4, 0.5) is 0 Å². The molecule has 6 heteroatoms. The standard InChI is InChI=1S/C62H112O6/c1-4-7-10-13-16-19-22-25-27-29-31-33-34-37-40-43-46-49-52-55-61(64)67-58-59(57-66-60(63)54-51-48-45-42-39-36-24-21-18-15-12-9-6-3)68-62(65)56-53-50-47-44-41-38-35-32-30-28-26-23-20-17-14-11-8-5-2/h28,30,32,35-36,39,45,48,59H,4-27,29,31,33-34,37-38,40-44,46-47,49-58H2,1-3H3/b30-28-,35-32-,39-36-,48-45-. The zero-order chi connectivity index (χ0) is 49.3. The van der Waals surface area contributed by atoms with Crippen molar-refractivity contribution in [1.29, 1.82) is 0 Å². The Balaban J connectivity index is 4.39. The van der Waals surface area contributed by atoms with Gasteiger partial charge >= 0.3 is 17.9 Å². The molecule has 1 unspecified atom stereocenters. The first kappa shape index (κ1) is 65.4. The van der Waals surface area contributed by atoms with Crippen molar-refractivity contribution in [3.8, 4) is 0 Å². The van der Waals surface area contributed by atoms with Crippen LogP contribution in [-0.2, 0) is 28.6 Å². The molecule has 0 aromatic rings. The monoisotopic (exact) mass is 953 g/mol. The second-order valence-corrected chi connectivity index (χ2v) is 19.9. The maximum atomic E-state index is 12.9. The van der Waals surface area contributed by atoms with Gasteiger partial charge in [0.1, 0.15) is 13.2 Å². The van der Waals surface area contributed by atoms with Crippen molar-refractivity contribution in [3.05, 3.63) is 48.6 Å². The van der Waals surface area contributed by atoms with E-state index in [1.807, 2.05) is 6.08 Å². The predicted octanol–water partition coefficient (Wildman–Crippen LogP) is 19.8. The molecular weight excluding hydrogens is 841 g/mol. The zero-order valence-corrected chi connectivity index (χ0v) is 45.4. The Hall–Kier alpha value is -2.63. The van der Waals surface area contributed by atoms with Gasteiger partial charge in [-0.3, -0.25) is 14.4 Å². The molecule has 1 atom stereocenters. The van der Waals surface area contributed by atoms with Crippen LogP contribution in [0, 0.1) is 0 Å². The van der Waals surface area contributed by atoms with E-state index in [1.54, 1.807) is 0 Å². The first-order valence-corrected chi connectivity index (χ1v) is 29.7. The summed E-state index contributed by atoms with van der Waals surface area (Å²) < 4.78 is 16.8. The van der Waals surface area contributed by atoms with Crippen molar-refractivity contribution in [1.82, 2.24) is 0 Å². The normalized spacial score (nSPS) is 12.3. The Morgan fingerprint density at radius 1 is 0.309 bits per heavy atom. The minimum Gasteiger partial charge on any atom is -0.462 e. The summed E-state index contributed by atoms with van der Waals surface area (Å²) in [6, 6.07) is 0. The van der Waals surface area contributed by atoms with E-state index in [9.17, 15) is 14.4 Å². The van der Waals surface area contributed by atoms with Gasteiger partial charge in [-0.2, -0.15) is 0 Å². The SMILES string of the molecule is CCCCCCCC/C=C\C/C=C\CCC(=O)OCC(COC(=O)CCCCCCCCCCCCCCCCCCCCC)OC(=O)CCCCCCC/C=C\C=C/CCCCCCCCC. The molecule has 0 bridgehead atoms. The highest BCUT2D eigenvalue weighted by Crippen LogP contribution is 2.16. The minimum atomic E-state index is -0.802. The molecular formula is C62H112O6. The Labute approximate surface area is 422 Å². The van der Waals surface area contributed by atoms with E-state index in [0.717, 1.165) is 70.6 Å². The van der Waals surface area contributed by atoms with Crippen LogP contribution < -0.4 is 0 Å². The molecule has 0 N–H and O–H groups in total. The molecule has 0 radical (unpaired) electrons. The minimum absolute atomic E-state index is 0.0935. The van der Waals surface area contributed by atoms with Crippen molar-refractivity contribution in [2.45, 2.75) is 316 Å². The molecule has 0 heterocycles. The average molecular weight is 954 g/mol. The third-order valence-electron chi connectivity index (χ3n) is 13.1. The van der Waals surface area contributed by atoms with Gasteiger partial charge in [-0.05, 0) is 64.2 Å². The molecule has 6 nitrogen and oxygen atoms in total. The van der Waals surface area contributed by atoms with Crippen LogP contribution in [-0.4, -0.2) is 37.2 Å². The summed E-state index contributed by atoms with van der Waals surface area (Å²) in [6.45, 7) is 6.60. The van der Waals surface area contributed by atoms with Gasteiger partial charge < -0.3 is 14.2 Å². The summed E-state index contributed by atoms with van der Waals surface area (Å²) in [5.74, 6) is -0.964. The van der Waals surface area contributed by atoms with Gasteiger partial charge in [-0.15, -0.1) is 0 Å². The van der Waals surface area contributed by atoms with Crippen molar-refractivity contribution in [2.75, 3.05) is 13.2 Å². The number of carbonyl (C=O) groups is 3. The third-order valence-corrected chi connectivity index (χ3v) is 13.1. The second kappa shape index (κ2) is 57.0. The smallest absolute Gasteiger partial charge is 0.306 e. The lowest BCUT2D eigenvalue weighted by molar-refractivity contribution is -0.166. The van der Waals surface area contributed by atoms with E-state index in [2.05, 4.69) is 63.3 Å². The second-order valence-electron chi connectivity index (χ2n) is 19.9. The molecule has 0 aliphatic carbocycles. The molecule has 0 rings (SSSR count). The lowest BCUT2D eigenvalue weighted by Crippen LogP contribution is -2.30. The number of allylic oxidation sites excluding steroid dienone is 8. The summed E-state index contributed by atoms with van der Waals surface area (Å²) >= 11 is 0. The highest BCUT2D eigenvalue weighted by Gasteiger charge is 2.19. The van der Waals surface area contributed by atoms with E-state index in [1.165, 1.54) is 193 Å². The highest BCUT2D eigenvalue weighted by atomic mass is 16.6. The lowest BCUT2D eigenvalue weighted by Gasteiger charge is -2.18. The Morgan fingerprint density at radius 2 is 0.603 bits per heavy atom. The van der Waals surface area contributed by atoms with E-state index in [-0.39, 0.29) is 37.5 Å². The van der Waals surface area contributed by atoms with Gasteiger partial charge in [0.15, 0.2) is 6.10 Å². The van der Waals surface area contributed by atoms with E-state index < -0.39 is 6.10 Å². The van der Waals surface area contributed by atoms with Crippen LogP contribution in [0.15, 0.2) is 48.6 Å². The molecule has 0 aromatic heterocycles. The molecule has 0 saturated carbocycles. The lowest BCUT2D eigenvalue weighted by atomic mass is 10.0. The van der Waals surface area contributed by atoms with Crippen LogP contribution in [0.1, 0.15) is 310 Å². The van der Waals surface area contributed by atoms with Gasteiger partial charge in [0.2, 0.25) is 0 Å². The van der Waals surface area contributed by atoms with Crippen LogP contribution >= 0.6 is 0 Å². The van der Waals surface area contributed by atoms with Crippen LogP contribution in [0.3, 0.4) is 0 Å². The highest BCUT2D eigenvalue weighted by molar-refractivity contribution is 5.71. The fraction of sp³-hybridized carbons (Fsp3) is 0.823. The molecule has 0 fully saturated rings. The largest absolute Gasteiger partial charge is 0.462 e. The number of rotatable bonds is 54. The summed E-state index contributed by atoms with van der Waals surface area (Å²) in [7, 11) is 0. The van der Waals surface area contributed by atoms with Crippen molar-refractivity contribution in [3.63, 3.8) is 0 Å². The molecule has 0 aliphatic rings. The van der Waals surface area contributed by atoms with Gasteiger partial charge in [0.25, 0.3) is 0 Å². The number of hydrogen-bond acceptors (Lipinski definition) is 6. The molecule has 0 spiro atoms. The van der Waals surface area contributed by atoms with Gasteiger partial charge in [0, 0.05) is 19.3 Å².